The van der Waals surface area contributed by atoms with Gasteiger partial charge in [-0.1, -0.05) is 11.6 Å². The lowest BCUT2D eigenvalue weighted by molar-refractivity contribution is -0.122. The van der Waals surface area contributed by atoms with E-state index in [0.29, 0.717) is 16.3 Å². The van der Waals surface area contributed by atoms with Crippen molar-refractivity contribution in [1.82, 2.24) is 0 Å². The SMILES string of the molecule is CC(=O)C1=C(C)OC(N)=C(C#N)C12C(=O)Nc1ccc(Cl)cc12. The molecule has 0 aromatic heterocycles. The molecule has 1 atom stereocenters. The molecule has 0 bridgehead atoms. The van der Waals surface area contributed by atoms with Gasteiger partial charge in [0.05, 0.1) is 5.57 Å². The van der Waals surface area contributed by atoms with Gasteiger partial charge in [0.2, 0.25) is 11.8 Å². The van der Waals surface area contributed by atoms with Crippen molar-refractivity contribution in [2.24, 2.45) is 5.73 Å². The number of amides is 1. The minimum Gasteiger partial charge on any atom is -0.445 e. The van der Waals surface area contributed by atoms with E-state index in [1.54, 1.807) is 18.2 Å². The van der Waals surface area contributed by atoms with Crippen molar-refractivity contribution in [3.8, 4) is 6.07 Å². The number of Topliss-reactive ketones (excluding diaryl/α,β-unsaturated/α-hetero) is 1. The highest BCUT2D eigenvalue weighted by Crippen LogP contribution is 2.52. The summed E-state index contributed by atoms with van der Waals surface area (Å²) in [6.45, 7) is 2.85. The average Bonchev–Trinajstić information content (AvgIpc) is 2.72. The van der Waals surface area contributed by atoms with Crippen molar-refractivity contribution in [1.29, 1.82) is 5.26 Å². The van der Waals surface area contributed by atoms with Crippen molar-refractivity contribution in [2.45, 2.75) is 19.3 Å². The Morgan fingerprint density at radius 3 is 2.78 bits per heavy atom. The molecule has 3 rings (SSSR count). The fraction of sp³-hybridized carbons (Fsp3) is 0.188. The topological polar surface area (TPSA) is 105 Å². The number of halogens is 1. The first-order valence-corrected chi connectivity index (χ1v) is 7.13. The number of carbonyl (C=O) groups excluding carboxylic acids is 2. The van der Waals surface area contributed by atoms with E-state index in [1.807, 2.05) is 6.07 Å². The van der Waals surface area contributed by atoms with Crippen LogP contribution in [0.1, 0.15) is 19.4 Å². The fourth-order valence-electron chi connectivity index (χ4n) is 3.26. The first-order chi connectivity index (χ1) is 10.8. The molecule has 6 nitrogen and oxygen atoms in total. The maximum absolute atomic E-state index is 12.9. The zero-order chi connectivity index (χ0) is 16.9. The number of nitrogens with two attached hydrogens (primary N) is 1. The second kappa shape index (κ2) is 4.86. The molecule has 23 heavy (non-hydrogen) atoms. The minimum absolute atomic E-state index is 0.0850. The van der Waals surface area contributed by atoms with E-state index in [9.17, 15) is 14.9 Å². The molecule has 2 aliphatic heterocycles. The molecule has 2 aliphatic rings. The molecule has 0 radical (unpaired) electrons. The summed E-state index contributed by atoms with van der Waals surface area (Å²) in [5, 5.41) is 12.6. The average molecular weight is 330 g/mol. The number of carbonyl (C=O) groups is 2. The Morgan fingerprint density at radius 1 is 1.48 bits per heavy atom. The monoisotopic (exact) mass is 329 g/mol. The number of ether oxygens (including phenoxy) is 1. The molecular weight excluding hydrogens is 318 g/mol. The Kier molecular flexibility index (Phi) is 3.20. The third-order valence-corrected chi connectivity index (χ3v) is 4.28. The molecule has 0 saturated carbocycles. The van der Waals surface area contributed by atoms with Crippen LogP contribution in [0.15, 0.2) is 41.0 Å². The number of nitriles is 1. The molecule has 0 saturated heterocycles. The number of hydrogen-bond acceptors (Lipinski definition) is 5. The summed E-state index contributed by atoms with van der Waals surface area (Å²) in [5.74, 6) is -0.914. The third kappa shape index (κ3) is 1.80. The molecule has 0 aliphatic carbocycles. The van der Waals surface area contributed by atoms with Crippen LogP contribution in [-0.4, -0.2) is 11.7 Å². The van der Waals surface area contributed by atoms with E-state index in [-0.39, 0.29) is 28.6 Å². The number of benzene rings is 1. The lowest BCUT2D eigenvalue weighted by Crippen LogP contribution is -2.44. The van der Waals surface area contributed by atoms with E-state index >= 15 is 0 Å². The van der Waals surface area contributed by atoms with Gasteiger partial charge in [-0.15, -0.1) is 0 Å². The molecule has 2 heterocycles. The van der Waals surface area contributed by atoms with Crippen LogP contribution in [0.5, 0.6) is 0 Å². The van der Waals surface area contributed by atoms with Gasteiger partial charge in [0, 0.05) is 16.3 Å². The van der Waals surface area contributed by atoms with Gasteiger partial charge >= 0.3 is 0 Å². The summed E-state index contributed by atoms with van der Waals surface area (Å²) in [6, 6.07) is 6.71. The molecule has 1 unspecified atom stereocenters. The normalized spacial score (nSPS) is 22.6. The standard InChI is InChI=1S/C16H12ClN3O3/c1-7(21)13-8(2)23-14(19)11(6-18)16(13)10-5-9(17)3-4-12(10)20-15(16)22/h3-5H,19H2,1-2H3,(H,20,22). The predicted molar refractivity (Wildman–Crippen MR) is 83.1 cm³/mol. The summed E-state index contributed by atoms with van der Waals surface area (Å²) in [4.78, 5) is 25.1. The van der Waals surface area contributed by atoms with Gasteiger partial charge in [-0.05, 0) is 32.0 Å². The van der Waals surface area contributed by atoms with E-state index in [0.717, 1.165) is 0 Å². The number of fused-ring (bicyclic) bond motifs is 2. The molecule has 116 valence electrons. The Hall–Kier alpha value is -2.78. The van der Waals surface area contributed by atoms with Crippen LogP contribution in [0.4, 0.5) is 5.69 Å². The molecular formula is C16H12ClN3O3. The minimum atomic E-state index is -1.63. The lowest BCUT2D eigenvalue weighted by atomic mass is 9.67. The van der Waals surface area contributed by atoms with Gasteiger partial charge in [-0.3, -0.25) is 9.59 Å². The number of allylic oxidation sites excluding steroid dienone is 1. The number of nitrogens with one attached hydrogen (secondary N) is 1. The first-order valence-electron chi connectivity index (χ1n) is 6.76. The van der Waals surface area contributed by atoms with Crippen molar-refractivity contribution >= 4 is 29.0 Å². The number of ketones is 1. The van der Waals surface area contributed by atoms with E-state index < -0.39 is 11.3 Å². The molecule has 1 amide bonds. The summed E-state index contributed by atoms with van der Waals surface area (Å²) in [6.07, 6.45) is 0. The molecule has 0 fully saturated rings. The van der Waals surface area contributed by atoms with Gasteiger partial charge in [0.1, 0.15) is 22.8 Å². The summed E-state index contributed by atoms with van der Waals surface area (Å²) < 4.78 is 5.32. The summed E-state index contributed by atoms with van der Waals surface area (Å²) >= 11 is 6.06. The number of hydrogen-bond donors (Lipinski definition) is 2. The predicted octanol–water partition coefficient (Wildman–Crippen LogP) is 2.12. The smallest absolute Gasteiger partial charge is 0.245 e. The van der Waals surface area contributed by atoms with Gasteiger partial charge < -0.3 is 15.8 Å². The summed E-state index contributed by atoms with van der Waals surface area (Å²) in [5.41, 5.74) is 5.06. The number of anilines is 1. The maximum atomic E-state index is 12.9. The van der Waals surface area contributed by atoms with Crippen molar-refractivity contribution in [3.63, 3.8) is 0 Å². The van der Waals surface area contributed by atoms with Crippen LogP contribution < -0.4 is 11.1 Å². The molecule has 1 aromatic rings. The van der Waals surface area contributed by atoms with Crippen LogP contribution >= 0.6 is 11.6 Å². The Labute approximate surface area is 137 Å². The third-order valence-electron chi connectivity index (χ3n) is 4.05. The second-order valence-electron chi connectivity index (χ2n) is 5.33. The van der Waals surface area contributed by atoms with Crippen LogP contribution in [0.2, 0.25) is 5.02 Å². The highest BCUT2D eigenvalue weighted by molar-refractivity contribution is 6.31. The Bertz CT molecular complexity index is 879. The van der Waals surface area contributed by atoms with Crippen LogP contribution in [-0.2, 0) is 19.7 Å². The number of nitrogens with zero attached hydrogens (tertiary/aromatic N) is 1. The molecule has 7 heteroatoms. The molecule has 3 N–H and O–H groups in total. The van der Waals surface area contributed by atoms with E-state index in [1.165, 1.54) is 13.8 Å². The lowest BCUT2D eigenvalue weighted by Gasteiger charge is -2.34. The van der Waals surface area contributed by atoms with Crippen molar-refractivity contribution < 1.29 is 14.3 Å². The quantitative estimate of drug-likeness (QED) is 0.821. The zero-order valence-corrected chi connectivity index (χ0v) is 13.1. The van der Waals surface area contributed by atoms with Crippen LogP contribution in [0, 0.1) is 11.3 Å². The number of rotatable bonds is 1. The zero-order valence-electron chi connectivity index (χ0n) is 12.4. The largest absolute Gasteiger partial charge is 0.445 e. The van der Waals surface area contributed by atoms with Gasteiger partial charge in [-0.25, -0.2) is 0 Å². The Morgan fingerprint density at radius 2 is 2.17 bits per heavy atom. The molecule has 1 aromatic carbocycles. The summed E-state index contributed by atoms with van der Waals surface area (Å²) in [7, 11) is 0. The van der Waals surface area contributed by atoms with Gasteiger partial charge in [-0.2, -0.15) is 5.26 Å². The molecule has 1 spiro atoms. The van der Waals surface area contributed by atoms with E-state index in [4.69, 9.17) is 22.1 Å². The van der Waals surface area contributed by atoms with Crippen LogP contribution in [0.25, 0.3) is 0 Å². The highest BCUT2D eigenvalue weighted by Gasteiger charge is 2.58. The van der Waals surface area contributed by atoms with E-state index in [2.05, 4.69) is 5.32 Å². The highest BCUT2D eigenvalue weighted by atomic mass is 35.5. The van der Waals surface area contributed by atoms with Gasteiger partial charge in [0.15, 0.2) is 5.78 Å². The van der Waals surface area contributed by atoms with Crippen molar-refractivity contribution in [3.05, 3.63) is 51.6 Å². The fourth-order valence-corrected chi connectivity index (χ4v) is 3.43. The Balaban J connectivity index is 2.48. The van der Waals surface area contributed by atoms with Crippen molar-refractivity contribution in [2.75, 3.05) is 5.32 Å². The van der Waals surface area contributed by atoms with Gasteiger partial charge in [0.25, 0.3) is 0 Å². The first kappa shape index (κ1) is 15.1. The van der Waals surface area contributed by atoms with Crippen LogP contribution in [0.3, 0.4) is 0 Å². The second-order valence-corrected chi connectivity index (χ2v) is 5.77. The maximum Gasteiger partial charge on any atom is 0.245 e.